The van der Waals surface area contributed by atoms with Crippen molar-refractivity contribution in [1.29, 1.82) is 0 Å². The highest BCUT2D eigenvalue weighted by Gasteiger charge is 2.34. The van der Waals surface area contributed by atoms with Crippen LogP contribution in [0.1, 0.15) is 5.69 Å². The van der Waals surface area contributed by atoms with E-state index in [1.165, 1.54) is 69.7 Å². The predicted octanol–water partition coefficient (Wildman–Crippen LogP) is 3.95. The zero-order chi connectivity index (χ0) is 24.5. The van der Waals surface area contributed by atoms with Gasteiger partial charge in [0.05, 0.1) is 29.7 Å². The van der Waals surface area contributed by atoms with E-state index in [4.69, 9.17) is 9.47 Å². The fraction of sp³-hybridized carbons (Fsp3) is 0.125. The first-order chi connectivity index (χ1) is 16.2. The third-order valence-electron chi connectivity index (χ3n) is 5.25. The molecule has 0 N–H and O–H groups in total. The maximum atomic E-state index is 13.7. The highest BCUT2D eigenvalue weighted by molar-refractivity contribution is 7.92. The standard InChI is InChI=1S/C24H22N2O6S2/c1-17-24(33(27,28)21-13-9-19(31-2)10-14-21)23(18-7-5-4-6-8-18)26(25-17)34(29,30)22-15-11-20(32-3)12-16-22/h4-16H,1-3H3. The lowest BCUT2D eigenvalue weighted by molar-refractivity contribution is 0.414. The molecule has 0 aliphatic heterocycles. The monoisotopic (exact) mass is 498 g/mol. The van der Waals surface area contributed by atoms with Crippen LogP contribution in [-0.4, -0.2) is 40.2 Å². The maximum Gasteiger partial charge on any atom is 0.283 e. The Bertz CT molecular complexity index is 1530. The predicted molar refractivity (Wildman–Crippen MR) is 126 cm³/mol. The van der Waals surface area contributed by atoms with Gasteiger partial charge in [0.15, 0.2) is 0 Å². The molecule has 0 aliphatic rings. The molecule has 0 unspecified atom stereocenters. The molecule has 0 amide bonds. The molecule has 4 rings (SSSR count). The summed E-state index contributed by atoms with van der Waals surface area (Å²) in [6.07, 6.45) is 0. The number of nitrogens with zero attached hydrogens (tertiary/aromatic N) is 2. The number of aryl methyl sites for hydroxylation is 1. The van der Waals surface area contributed by atoms with Crippen LogP contribution in [0.5, 0.6) is 11.5 Å². The Morgan fingerprint density at radius 2 is 1.21 bits per heavy atom. The van der Waals surface area contributed by atoms with E-state index >= 15 is 0 Å². The molecule has 0 aliphatic carbocycles. The molecular formula is C24H22N2O6S2. The smallest absolute Gasteiger partial charge is 0.283 e. The summed E-state index contributed by atoms with van der Waals surface area (Å²) in [6, 6.07) is 20.1. The Kier molecular flexibility index (Phi) is 6.20. The van der Waals surface area contributed by atoms with Crippen molar-refractivity contribution >= 4 is 19.9 Å². The highest BCUT2D eigenvalue weighted by atomic mass is 32.2. The molecule has 1 heterocycles. The van der Waals surface area contributed by atoms with Crippen LogP contribution in [0.15, 0.2) is 93.5 Å². The van der Waals surface area contributed by atoms with Gasteiger partial charge in [-0.1, -0.05) is 30.3 Å². The largest absolute Gasteiger partial charge is 0.497 e. The summed E-state index contributed by atoms with van der Waals surface area (Å²) in [5, 5.41) is 4.20. The first kappa shape index (κ1) is 23.5. The van der Waals surface area contributed by atoms with E-state index in [0.29, 0.717) is 17.1 Å². The molecule has 4 aromatic rings. The van der Waals surface area contributed by atoms with Crippen molar-refractivity contribution in [2.24, 2.45) is 0 Å². The van der Waals surface area contributed by atoms with Crippen LogP contribution in [0.2, 0.25) is 0 Å². The van der Waals surface area contributed by atoms with Crippen LogP contribution in [0, 0.1) is 6.92 Å². The minimum atomic E-state index is -4.23. The van der Waals surface area contributed by atoms with Crippen LogP contribution in [0.25, 0.3) is 11.3 Å². The summed E-state index contributed by atoms with van der Waals surface area (Å²) in [4.78, 5) is -0.239. The number of methoxy groups -OCH3 is 2. The molecule has 0 fully saturated rings. The summed E-state index contributed by atoms with van der Waals surface area (Å²) >= 11 is 0. The van der Waals surface area contributed by atoms with Gasteiger partial charge in [-0.05, 0) is 55.5 Å². The van der Waals surface area contributed by atoms with Crippen LogP contribution in [0.3, 0.4) is 0 Å². The Balaban J connectivity index is 1.99. The van der Waals surface area contributed by atoms with Crippen molar-refractivity contribution in [3.8, 4) is 22.8 Å². The SMILES string of the molecule is COc1ccc(S(=O)(=O)c2c(C)nn(S(=O)(=O)c3ccc(OC)cc3)c2-c2ccccc2)cc1. The molecule has 0 radical (unpaired) electrons. The Hall–Kier alpha value is -3.63. The van der Waals surface area contributed by atoms with Gasteiger partial charge in [0.25, 0.3) is 10.0 Å². The average molecular weight is 499 g/mol. The zero-order valence-corrected chi connectivity index (χ0v) is 20.3. The molecule has 8 nitrogen and oxygen atoms in total. The number of aromatic nitrogens is 2. The molecule has 0 bridgehead atoms. The van der Waals surface area contributed by atoms with Crippen LogP contribution in [-0.2, 0) is 19.9 Å². The van der Waals surface area contributed by atoms with Gasteiger partial charge < -0.3 is 9.47 Å². The van der Waals surface area contributed by atoms with Crippen molar-refractivity contribution in [1.82, 2.24) is 9.19 Å². The second-order valence-corrected chi connectivity index (χ2v) is 11.0. The van der Waals surface area contributed by atoms with Gasteiger partial charge in [-0.2, -0.15) is 17.6 Å². The van der Waals surface area contributed by atoms with E-state index < -0.39 is 19.9 Å². The Labute approximate surface area is 198 Å². The minimum absolute atomic E-state index is 0.00465. The lowest BCUT2D eigenvalue weighted by Crippen LogP contribution is -2.16. The second kappa shape index (κ2) is 8.96. The van der Waals surface area contributed by atoms with Crippen molar-refractivity contribution in [2.75, 3.05) is 14.2 Å². The zero-order valence-electron chi connectivity index (χ0n) is 18.7. The fourth-order valence-corrected chi connectivity index (χ4v) is 6.57. The molecule has 0 saturated heterocycles. The average Bonchev–Trinajstić information content (AvgIpc) is 3.23. The number of sulfone groups is 1. The van der Waals surface area contributed by atoms with Crippen molar-refractivity contribution in [2.45, 2.75) is 21.6 Å². The molecular weight excluding hydrogens is 476 g/mol. The lowest BCUT2D eigenvalue weighted by Gasteiger charge is -2.12. The van der Waals surface area contributed by atoms with E-state index in [0.717, 1.165) is 4.09 Å². The third-order valence-corrected chi connectivity index (χ3v) is 8.75. The van der Waals surface area contributed by atoms with Crippen molar-refractivity contribution in [3.05, 3.63) is 84.6 Å². The van der Waals surface area contributed by atoms with Gasteiger partial charge in [-0.15, -0.1) is 0 Å². The first-order valence-electron chi connectivity index (χ1n) is 10.1. The molecule has 3 aromatic carbocycles. The number of ether oxygens (including phenoxy) is 2. The number of hydrogen-bond acceptors (Lipinski definition) is 7. The summed E-state index contributed by atoms with van der Waals surface area (Å²) < 4.78 is 65.6. The van der Waals surface area contributed by atoms with Crippen molar-refractivity contribution < 1.29 is 26.3 Å². The summed E-state index contributed by atoms with van der Waals surface area (Å²) in [5.74, 6) is 0.985. The van der Waals surface area contributed by atoms with Crippen LogP contribution < -0.4 is 9.47 Å². The van der Waals surface area contributed by atoms with Gasteiger partial charge in [0.1, 0.15) is 22.1 Å². The fourth-order valence-electron chi connectivity index (χ4n) is 3.54. The Morgan fingerprint density at radius 3 is 1.71 bits per heavy atom. The first-order valence-corrected chi connectivity index (χ1v) is 13.1. The van der Waals surface area contributed by atoms with E-state index in [-0.39, 0.29) is 26.1 Å². The molecule has 0 atom stereocenters. The lowest BCUT2D eigenvalue weighted by atomic mass is 10.1. The van der Waals surface area contributed by atoms with E-state index in [2.05, 4.69) is 5.10 Å². The quantitative estimate of drug-likeness (QED) is 0.380. The van der Waals surface area contributed by atoms with Gasteiger partial charge in [0, 0.05) is 5.56 Å². The van der Waals surface area contributed by atoms with Gasteiger partial charge >= 0.3 is 0 Å². The van der Waals surface area contributed by atoms with Crippen LogP contribution in [0.4, 0.5) is 0 Å². The van der Waals surface area contributed by atoms with Gasteiger partial charge in [-0.25, -0.2) is 8.42 Å². The number of hydrogen-bond donors (Lipinski definition) is 0. The van der Waals surface area contributed by atoms with Crippen LogP contribution >= 0.6 is 0 Å². The summed E-state index contributed by atoms with van der Waals surface area (Å²) in [5.41, 5.74) is 0.420. The Morgan fingerprint density at radius 1 is 0.706 bits per heavy atom. The number of benzene rings is 3. The summed E-state index contributed by atoms with van der Waals surface area (Å²) in [6.45, 7) is 1.48. The maximum absolute atomic E-state index is 13.7. The number of rotatable bonds is 7. The van der Waals surface area contributed by atoms with E-state index in [9.17, 15) is 16.8 Å². The summed E-state index contributed by atoms with van der Waals surface area (Å²) in [7, 11) is -5.40. The molecule has 34 heavy (non-hydrogen) atoms. The molecule has 1 aromatic heterocycles. The van der Waals surface area contributed by atoms with Gasteiger partial charge in [0.2, 0.25) is 9.84 Å². The second-order valence-electron chi connectivity index (χ2n) is 7.33. The molecule has 0 spiro atoms. The molecule has 0 saturated carbocycles. The van der Waals surface area contributed by atoms with Gasteiger partial charge in [-0.3, -0.25) is 0 Å². The van der Waals surface area contributed by atoms with E-state index in [1.54, 1.807) is 30.3 Å². The third kappa shape index (κ3) is 4.06. The molecule has 10 heteroatoms. The normalized spacial score (nSPS) is 11.9. The molecule has 176 valence electrons. The highest BCUT2D eigenvalue weighted by Crippen LogP contribution is 2.36. The topological polar surface area (TPSA) is 105 Å². The van der Waals surface area contributed by atoms with Crippen molar-refractivity contribution in [3.63, 3.8) is 0 Å². The van der Waals surface area contributed by atoms with E-state index in [1.807, 2.05) is 0 Å². The minimum Gasteiger partial charge on any atom is -0.497 e.